The highest BCUT2D eigenvalue weighted by Gasteiger charge is 2.43. The van der Waals surface area contributed by atoms with Crippen molar-refractivity contribution in [3.05, 3.63) is 132 Å². The summed E-state index contributed by atoms with van der Waals surface area (Å²) in [5.41, 5.74) is 6.24. The summed E-state index contributed by atoms with van der Waals surface area (Å²) in [6.45, 7) is 1.92. The van der Waals surface area contributed by atoms with Crippen LogP contribution in [0.15, 0.2) is 115 Å². The van der Waals surface area contributed by atoms with E-state index in [9.17, 15) is 29.1 Å². The van der Waals surface area contributed by atoms with Crippen LogP contribution in [0.3, 0.4) is 0 Å². The number of hydrogen-bond acceptors (Lipinski definition) is 8. The summed E-state index contributed by atoms with van der Waals surface area (Å²) >= 11 is 0. The van der Waals surface area contributed by atoms with Gasteiger partial charge in [0.25, 0.3) is 0 Å². The van der Waals surface area contributed by atoms with E-state index in [0.29, 0.717) is 39.0 Å². The third-order valence-electron chi connectivity index (χ3n) is 12.0. The average molecular weight is 812 g/mol. The summed E-state index contributed by atoms with van der Waals surface area (Å²) < 4.78 is 0. The maximum Gasteiger partial charge on any atom is 0.329 e. The molecule has 0 aliphatic carbocycles. The van der Waals surface area contributed by atoms with Gasteiger partial charge in [-0.25, -0.2) is 4.79 Å². The first-order valence-corrected chi connectivity index (χ1v) is 20.7. The summed E-state index contributed by atoms with van der Waals surface area (Å²) in [5, 5.41) is 32.0. The van der Waals surface area contributed by atoms with Crippen LogP contribution in [-0.4, -0.2) is 90.1 Å². The van der Waals surface area contributed by atoms with Crippen molar-refractivity contribution < 1.29 is 29.1 Å². The Labute approximate surface area is 349 Å². The molecule has 60 heavy (non-hydrogen) atoms. The summed E-state index contributed by atoms with van der Waals surface area (Å²) in [6.07, 6.45) is 1.34. The molecule has 2 aliphatic rings. The van der Waals surface area contributed by atoms with Crippen LogP contribution in [-0.2, 0) is 43.2 Å². The SMILES string of the molecule is NC1(C(=O)N[C@@H](Cc2ccccc2)C(=O)N[C@H](Cc2cccc3ccccc23)C(=O)N[C@H](Cc2cccc3ccccc23)C(=O)NC2(C(=O)O)CCNCC2)CCNCC1. The lowest BCUT2D eigenvalue weighted by molar-refractivity contribution is -0.149. The fraction of sp³-hybridized carbons (Fsp3) is 0.340. The maximum atomic E-state index is 14.8. The number of rotatable bonds is 15. The predicted molar refractivity (Wildman–Crippen MR) is 231 cm³/mol. The Balaban J connectivity index is 1.22. The standard InChI is InChI=1S/C47H53N7O6/c48-46(20-24-49-25-21-46)44(58)53-38(28-31-10-2-1-3-11-31)41(55)51-39(29-34-16-8-14-32-12-4-6-18-36(32)34)42(56)52-40(30-35-17-9-15-33-13-5-7-19-37(33)35)43(57)54-47(45(59)60)22-26-50-27-23-47/h1-19,38-40,49-50H,20-30,48H2,(H,51,55)(H,52,56)(H,53,58)(H,54,57)(H,59,60)/t38-,39+,40+/m0/s1. The first-order valence-electron chi connectivity index (χ1n) is 20.7. The Morgan fingerprint density at radius 3 is 1.53 bits per heavy atom. The molecule has 0 unspecified atom stereocenters. The summed E-state index contributed by atoms with van der Waals surface area (Å²) in [5.74, 6) is -3.50. The number of carbonyl (C=O) groups excluding carboxylic acids is 4. The Hall–Kier alpha value is -6.15. The van der Waals surface area contributed by atoms with Crippen molar-refractivity contribution in [2.75, 3.05) is 26.2 Å². The number of fused-ring (bicyclic) bond motifs is 2. The minimum absolute atomic E-state index is 0.0436. The molecular formula is C47H53N7O6. The Kier molecular flexibility index (Phi) is 13.2. The molecule has 0 saturated carbocycles. The zero-order chi connectivity index (χ0) is 42.1. The number of carbonyl (C=O) groups is 5. The topological polar surface area (TPSA) is 204 Å². The van der Waals surface area contributed by atoms with Gasteiger partial charge < -0.3 is 42.7 Å². The van der Waals surface area contributed by atoms with Crippen molar-refractivity contribution in [3.63, 3.8) is 0 Å². The van der Waals surface area contributed by atoms with Crippen molar-refractivity contribution in [1.82, 2.24) is 31.9 Å². The summed E-state index contributed by atoms with van der Waals surface area (Å²) in [6, 6.07) is 32.6. The molecule has 2 saturated heterocycles. The zero-order valence-corrected chi connectivity index (χ0v) is 33.5. The lowest BCUT2D eigenvalue weighted by Gasteiger charge is -2.36. The van der Waals surface area contributed by atoms with Crippen molar-refractivity contribution in [2.24, 2.45) is 5.73 Å². The highest BCUT2D eigenvalue weighted by atomic mass is 16.4. The van der Waals surface area contributed by atoms with Crippen LogP contribution in [0.1, 0.15) is 42.4 Å². The van der Waals surface area contributed by atoms with Gasteiger partial charge in [-0.05, 0) is 90.1 Å². The van der Waals surface area contributed by atoms with Gasteiger partial charge in [0.2, 0.25) is 23.6 Å². The minimum Gasteiger partial charge on any atom is -0.480 e. The van der Waals surface area contributed by atoms with E-state index < -0.39 is 58.8 Å². The lowest BCUT2D eigenvalue weighted by Crippen LogP contribution is -2.64. The molecule has 13 heteroatoms. The first-order chi connectivity index (χ1) is 29.0. The molecule has 7 rings (SSSR count). The summed E-state index contributed by atoms with van der Waals surface area (Å²) in [4.78, 5) is 70.3. The van der Waals surface area contributed by atoms with E-state index in [0.717, 1.165) is 38.2 Å². The highest BCUT2D eigenvalue weighted by Crippen LogP contribution is 2.24. The van der Waals surface area contributed by atoms with E-state index in [-0.39, 0.29) is 32.1 Å². The molecule has 2 aliphatic heterocycles. The van der Waals surface area contributed by atoms with Crippen molar-refractivity contribution >= 4 is 51.1 Å². The molecule has 312 valence electrons. The zero-order valence-electron chi connectivity index (χ0n) is 33.5. The van der Waals surface area contributed by atoms with Crippen LogP contribution in [0.2, 0.25) is 0 Å². The molecule has 2 fully saturated rings. The monoisotopic (exact) mass is 811 g/mol. The molecule has 0 aromatic heterocycles. The van der Waals surface area contributed by atoms with Crippen molar-refractivity contribution in [1.29, 1.82) is 0 Å². The number of benzene rings is 5. The maximum absolute atomic E-state index is 14.8. The van der Waals surface area contributed by atoms with Crippen LogP contribution in [0.4, 0.5) is 0 Å². The fourth-order valence-corrected chi connectivity index (χ4v) is 8.37. The Bertz CT molecular complexity index is 2330. The second kappa shape index (κ2) is 18.8. The Morgan fingerprint density at radius 1 is 0.550 bits per heavy atom. The number of piperidine rings is 2. The fourth-order valence-electron chi connectivity index (χ4n) is 8.37. The van der Waals surface area contributed by atoms with Gasteiger partial charge in [0.15, 0.2) is 0 Å². The molecule has 13 nitrogen and oxygen atoms in total. The number of nitrogens with two attached hydrogens (primary N) is 1. The number of amides is 4. The molecule has 0 spiro atoms. The Morgan fingerprint density at radius 2 is 1.00 bits per heavy atom. The van der Waals surface area contributed by atoms with E-state index in [4.69, 9.17) is 5.73 Å². The van der Waals surface area contributed by atoms with Crippen LogP contribution >= 0.6 is 0 Å². The molecule has 5 aromatic carbocycles. The number of carboxylic acids is 1. The number of nitrogens with one attached hydrogen (secondary N) is 6. The molecule has 0 radical (unpaired) electrons. The van der Waals surface area contributed by atoms with Crippen LogP contribution in [0.25, 0.3) is 21.5 Å². The van der Waals surface area contributed by atoms with Gasteiger partial charge in [-0.3, -0.25) is 19.2 Å². The van der Waals surface area contributed by atoms with Gasteiger partial charge in [0, 0.05) is 19.3 Å². The number of carboxylic acid groups (broad SMARTS) is 1. The van der Waals surface area contributed by atoms with E-state index in [1.807, 2.05) is 115 Å². The van der Waals surface area contributed by atoms with Gasteiger partial charge in [0.1, 0.15) is 23.7 Å². The van der Waals surface area contributed by atoms with Gasteiger partial charge in [-0.1, -0.05) is 115 Å². The second-order valence-corrected chi connectivity index (χ2v) is 16.1. The van der Waals surface area contributed by atoms with E-state index >= 15 is 0 Å². The molecule has 4 amide bonds. The second-order valence-electron chi connectivity index (χ2n) is 16.1. The average Bonchev–Trinajstić information content (AvgIpc) is 3.26. The normalized spacial score (nSPS) is 17.4. The number of aliphatic carboxylic acids is 1. The molecule has 3 atom stereocenters. The molecule has 0 bridgehead atoms. The molecule has 5 aromatic rings. The van der Waals surface area contributed by atoms with Gasteiger partial charge in [-0.2, -0.15) is 0 Å². The van der Waals surface area contributed by atoms with Gasteiger partial charge in [0.05, 0.1) is 5.54 Å². The smallest absolute Gasteiger partial charge is 0.329 e. The first kappa shape index (κ1) is 42.0. The van der Waals surface area contributed by atoms with E-state index in [2.05, 4.69) is 31.9 Å². The third kappa shape index (κ3) is 9.82. The summed E-state index contributed by atoms with van der Waals surface area (Å²) in [7, 11) is 0. The minimum atomic E-state index is -1.53. The van der Waals surface area contributed by atoms with Crippen molar-refractivity contribution in [3.8, 4) is 0 Å². The van der Waals surface area contributed by atoms with Gasteiger partial charge in [-0.15, -0.1) is 0 Å². The molecule has 9 N–H and O–H groups in total. The number of hydrogen-bond donors (Lipinski definition) is 8. The van der Waals surface area contributed by atoms with Crippen LogP contribution in [0, 0.1) is 0 Å². The third-order valence-corrected chi connectivity index (χ3v) is 12.0. The molecular weight excluding hydrogens is 759 g/mol. The lowest BCUT2D eigenvalue weighted by atomic mass is 9.87. The van der Waals surface area contributed by atoms with Crippen molar-refractivity contribution in [2.45, 2.75) is 74.1 Å². The van der Waals surface area contributed by atoms with E-state index in [1.54, 1.807) is 0 Å². The predicted octanol–water partition coefficient (Wildman–Crippen LogP) is 2.88. The van der Waals surface area contributed by atoms with E-state index in [1.165, 1.54) is 0 Å². The largest absolute Gasteiger partial charge is 0.480 e. The highest BCUT2D eigenvalue weighted by molar-refractivity contribution is 5.98. The van der Waals surface area contributed by atoms with Crippen LogP contribution < -0.4 is 37.6 Å². The van der Waals surface area contributed by atoms with Crippen LogP contribution in [0.5, 0.6) is 0 Å². The van der Waals surface area contributed by atoms with Gasteiger partial charge >= 0.3 is 5.97 Å². The molecule has 2 heterocycles. The quantitative estimate of drug-likeness (QED) is 0.0783.